The summed E-state index contributed by atoms with van der Waals surface area (Å²) in [5.41, 5.74) is 9.73. The molecule has 0 atom stereocenters. The van der Waals surface area contributed by atoms with Gasteiger partial charge in [-0.05, 0) is 154 Å². The highest BCUT2D eigenvalue weighted by molar-refractivity contribution is 8.76. The van der Waals surface area contributed by atoms with Gasteiger partial charge in [0.25, 0.3) is 0 Å². The maximum absolute atomic E-state index is 12.2. The number of carbonyl (C=O) groups excluding carboxylic acids is 2. The molecule has 0 aromatic rings. The number of carbonyl (C=O) groups is 3. The third-order valence-corrected chi connectivity index (χ3v) is 14.6. The molecule has 3 saturated carbocycles. The number of carboxylic acid groups (broad SMARTS) is 1. The lowest BCUT2D eigenvalue weighted by Gasteiger charge is -2.37. The Morgan fingerprint density at radius 1 is 0.597 bits per heavy atom. The number of methoxy groups -OCH3 is 1. The number of rotatable bonds is 24. The van der Waals surface area contributed by atoms with E-state index in [9.17, 15) is 14.4 Å². The molecule has 0 heterocycles. The number of nitrogens with one attached hydrogen (secondary N) is 2. The molecule has 368 valence electrons. The molecule has 0 spiro atoms. The summed E-state index contributed by atoms with van der Waals surface area (Å²) >= 11 is 8.39. The highest BCUT2D eigenvalue weighted by Gasteiger charge is 2.37. The van der Waals surface area contributed by atoms with Crippen molar-refractivity contribution in [3.05, 3.63) is 0 Å². The molecule has 11 nitrogen and oxygen atoms in total. The van der Waals surface area contributed by atoms with E-state index in [1.165, 1.54) is 56.5 Å². The second kappa shape index (κ2) is 35.8. The summed E-state index contributed by atoms with van der Waals surface area (Å²) in [5.74, 6) is 3.30. The van der Waals surface area contributed by atoms with Crippen molar-refractivity contribution in [2.75, 3.05) is 69.4 Å². The topological polar surface area (TPSA) is 175 Å². The van der Waals surface area contributed by atoms with Crippen LogP contribution in [0.4, 0.5) is 0 Å². The van der Waals surface area contributed by atoms with Crippen LogP contribution in [0.5, 0.6) is 0 Å². The highest BCUT2D eigenvalue weighted by atomic mass is 33.1. The Labute approximate surface area is 398 Å². The van der Waals surface area contributed by atoms with Gasteiger partial charge >= 0.3 is 17.9 Å². The molecule has 3 aliphatic rings. The quantitative estimate of drug-likeness (QED) is 0.0211. The summed E-state index contributed by atoms with van der Waals surface area (Å²) < 4.78 is 16.4. The minimum atomic E-state index is -0.655. The summed E-state index contributed by atoms with van der Waals surface area (Å²) in [6.45, 7) is 16.8. The first-order valence-corrected chi connectivity index (χ1v) is 27.6. The molecular weight excluding hydrogens is 861 g/mol. The lowest BCUT2D eigenvalue weighted by atomic mass is 9.71. The van der Waals surface area contributed by atoms with E-state index in [0.717, 1.165) is 128 Å². The minimum absolute atomic E-state index is 0.0146. The zero-order valence-corrected chi connectivity index (χ0v) is 43.8. The van der Waals surface area contributed by atoms with Crippen LogP contribution in [0, 0.1) is 10.8 Å². The van der Waals surface area contributed by atoms with Gasteiger partial charge in [0.05, 0.1) is 24.9 Å². The number of hydrogen-bond acceptors (Lipinski definition) is 14. The zero-order chi connectivity index (χ0) is 46.8. The minimum Gasteiger partial charge on any atom is -0.481 e. The largest absolute Gasteiger partial charge is 0.481 e. The predicted molar refractivity (Wildman–Crippen MR) is 272 cm³/mol. The zero-order valence-electron chi connectivity index (χ0n) is 40.4. The maximum atomic E-state index is 12.2. The van der Waals surface area contributed by atoms with Crippen LogP contribution in [0.15, 0.2) is 0 Å². The molecule has 0 aromatic heterocycles. The first-order chi connectivity index (χ1) is 29.3. The van der Waals surface area contributed by atoms with Crippen LogP contribution in [-0.2, 0) is 28.6 Å². The van der Waals surface area contributed by atoms with Gasteiger partial charge in [-0.2, -0.15) is 25.3 Å². The molecule has 3 fully saturated rings. The molecular formula is C47H94N4O7S4. The average Bonchev–Trinajstić information content (AvgIpc) is 3.20. The Kier molecular flexibility index (Phi) is 35.5. The van der Waals surface area contributed by atoms with Gasteiger partial charge in [0.15, 0.2) is 0 Å². The van der Waals surface area contributed by atoms with Gasteiger partial charge in [0.1, 0.15) is 11.2 Å². The van der Waals surface area contributed by atoms with Crippen LogP contribution in [0.3, 0.4) is 0 Å². The van der Waals surface area contributed by atoms with E-state index >= 15 is 0 Å². The van der Waals surface area contributed by atoms with Crippen molar-refractivity contribution in [2.45, 2.75) is 200 Å². The van der Waals surface area contributed by atoms with Gasteiger partial charge in [-0.15, -0.1) is 0 Å². The molecule has 3 aliphatic carbocycles. The molecule has 0 amide bonds. The van der Waals surface area contributed by atoms with E-state index in [2.05, 4.69) is 35.9 Å². The Hall–Kier alpha value is -0.390. The summed E-state index contributed by atoms with van der Waals surface area (Å²) in [5, 5.41) is 15.9. The molecule has 0 unspecified atom stereocenters. The molecule has 0 saturated heterocycles. The summed E-state index contributed by atoms with van der Waals surface area (Å²) in [4.78, 5) is 34.9. The molecule has 0 radical (unpaired) electrons. The van der Waals surface area contributed by atoms with E-state index in [1.54, 1.807) is 7.11 Å². The maximum Gasteiger partial charge on any atom is 0.309 e. The van der Waals surface area contributed by atoms with Crippen molar-refractivity contribution >= 4 is 64.8 Å². The number of carboxylic acids is 1. The predicted octanol–water partition coefficient (Wildman–Crippen LogP) is 10.0. The molecule has 0 aromatic carbocycles. The van der Waals surface area contributed by atoms with E-state index in [-0.39, 0.29) is 34.0 Å². The molecule has 62 heavy (non-hydrogen) atoms. The fraction of sp³-hybridized carbons (Fsp3) is 0.936. The SMILES string of the molecule is CC(C)(C)OC(=O)CC1(CNCCCS)CCCCC1.COC1(CC(=O)OC(C)(C)C)CCCCC1.NCCCSSCCCN.O=C(O)CC1(CNCCCS)CCCCC1. The third-order valence-electron chi connectivity index (χ3n) is 11.3. The first-order valence-electron chi connectivity index (χ1n) is 23.8. The van der Waals surface area contributed by atoms with Crippen LogP contribution in [0.2, 0.25) is 0 Å². The number of hydrogen-bond donors (Lipinski definition) is 7. The normalized spacial score (nSPS) is 18.0. The van der Waals surface area contributed by atoms with Gasteiger partial charge in [0.2, 0.25) is 0 Å². The van der Waals surface area contributed by atoms with Crippen molar-refractivity contribution in [3.8, 4) is 0 Å². The Morgan fingerprint density at radius 3 is 1.31 bits per heavy atom. The van der Waals surface area contributed by atoms with Gasteiger partial charge in [-0.1, -0.05) is 79.4 Å². The van der Waals surface area contributed by atoms with Crippen LogP contribution in [0.25, 0.3) is 0 Å². The van der Waals surface area contributed by atoms with Gasteiger partial charge in [-0.3, -0.25) is 14.4 Å². The Bertz CT molecular complexity index is 1130. The molecule has 0 aliphatic heterocycles. The second-order valence-electron chi connectivity index (χ2n) is 19.6. The lowest BCUT2D eigenvalue weighted by molar-refractivity contribution is -0.163. The number of ether oxygens (including phenoxy) is 3. The standard InChI is InChI=1S/C16H31NO2S.C13H24O3.C12H23NO2S.C6H16N2S2/c1-15(2,3)19-14(18)12-16(8-5-4-6-9-16)13-17-10-7-11-20;1-12(2,3)16-11(14)10-13(15-4)8-6-5-7-9-13;14-11(15)9-12(5-2-1-3-6-12)10-13-7-4-8-16;7-3-1-5-9-10-6-2-4-8/h17,20H,4-13H2,1-3H3;5-10H2,1-4H3;13,16H,1-10H2,(H,14,15);1-8H2. The Morgan fingerprint density at radius 2 is 0.968 bits per heavy atom. The lowest BCUT2D eigenvalue weighted by Crippen LogP contribution is -2.39. The summed E-state index contributed by atoms with van der Waals surface area (Å²) in [7, 11) is 5.50. The van der Waals surface area contributed by atoms with Gasteiger partial charge in [0, 0.05) is 31.7 Å². The van der Waals surface area contributed by atoms with Crippen molar-refractivity contribution in [1.29, 1.82) is 0 Å². The fourth-order valence-electron chi connectivity index (χ4n) is 8.25. The first kappa shape index (κ1) is 61.6. The van der Waals surface area contributed by atoms with Crippen molar-refractivity contribution in [1.82, 2.24) is 10.6 Å². The average molecular weight is 956 g/mol. The van der Waals surface area contributed by atoms with Crippen LogP contribution in [0.1, 0.15) is 183 Å². The van der Waals surface area contributed by atoms with E-state index in [1.807, 2.05) is 63.1 Å². The van der Waals surface area contributed by atoms with Crippen LogP contribution < -0.4 is 22.1 Å². The van der Waals surface area contributed by atoms with Crippen LogP contribution in [-0.4, -0.2) is 109 Å². The van der Waals surface area contributed by atoms with Gasteiger partial charge in [-0.25, -0.2) is 0 Å². The monoisotopic (exact) mass is 955 g/mol. The van der Waals surface area contributed by atoms with Crippen molar-refractivity contribution < 1.29 is 33.7 Å². The van der Waals surface area contributed by atoms with Crippen molar-refractivity contribution in [3.63, 3.8) is 0 Å². The van der Waals surface area contributed by atoms with Crippen molar-refractivity contribution in [2.24, 2.45) is 22.3 Å². The molecule has 3 rings (SSSR count). The van der Waals surface area contributed by atoms with E-state index < -0.39 is 11.6 Å². The molecule has 0 bridgehead atoms. The van der Waals surface area contributed by atoms with E-state index in [0.29, 0.717) is 19.3 Å². The second-order valence-corrected chi connectivity index (χ2v) is 23.2. The highest BCUT2D eigenvalue weighted by Crippen LogP contribution is 2.40. The number of aliphatic carboxylic acids is 1. The molecule has 7 N–H and O–H groups in total. The smallest absolute Gasteiger partial charge is 0.309 e. The summed E-state index contributed by atoms with van der Waals surface area (Å²) in [6, 6.07) is 0. The fourth-order valence-corrected chi connectivity index (χ4v) is 10.8. The third kappa shape index (κ3) is 33.1. The number of thiol groups is 2. The van der Waals surface area contributed by atoms with E-state index in [4.69, 9.17) is 30.8 Å². The Balaban J connectivity index is 0.000000820. The summed E-state index contributed by atoms with van der Waals surface area (Å²) in [6.07, 6.45) is 22.9. The number of esters is 2. The number of nitrogens with two attached hydrogens (primary N) is 2. The van der Waals surface area contributed by atoms with Crippen LogP contribution >= 0.6 is 46.8 Å². The van der Waals surface area contributed by atoms with Gasteiger partial charge < -0.3 is 41.4 Å². The molecule has 15 heteroatoms.